The highest BCUT2D eigenvalue weighted by atomic mass is 32.1. The van der Waals surface area contributed by atoms with Crippen molar-refractivity contribution in [3.8, 4) is 0 Å². The van der Waals surface area contributed by atoms with Crippen LogP contribution < -0.4 is 10.6 Å². The quantitative estimate of drug-likeness (QED) is 0.887. The lowest BCUT2D eigenvalue weighted by molar-refractivity contribution is 0.102. The molecule has 2 rings (SSSR count). The van der Waals surface area contributed by atoms with Crippen LogP contribution in [0.1, 0.15) is 48.4 Å². The van der Waals surface area contributed by atoms with Crippen molar-refractivity contribution in [1.29, 1.82) is 0 Å². The fraction of sp³-hybridized carbons (Fsp3) is 0.400. The molecule has 0 spiro atoms. The molecule has 0 fully saturated rings. The van der Waals surface area contributed by atoms with E-state index in [9.17, 15) is 4.79 Å². The Morgan fingerprint density at radius 2 is 2.10 bits per heavy atom. The van der Waals surface area contributed by atoms with E-state index in [-0.39, 0.29) is 5.91 Å². The van der Waals surface area contributed by atoms with Gasteiger partial charge in [0.2, 0.25) is 0 Å². The van der Waals surface area contributed by atoms with Crippen molar-refractivity contribution >= 4 is 28.2 Å². The summed E-state index contributed by atoms with van der Waals surface area (Å²) >= 11 is 1.45. The Kier molecular flexibility index (Phi) is 4.90. The molecule has 5 nitrogen and oxygen atoms in total. The van der Waals surface area contributed by atoms with Crippen LogP contribution in [-0.4, -0.2) is 22.9 Å². The number of thiazole rings is 1. The molecule has 21 heavy (non-hydrogen) atoms. The van der Waals surface area contributed by atoms with Gasteiger partial charge in [0.15, 0.2) is 5.13 Å². The minimum atomic E-state index is -0.159. The van der Waals surface area contributed by atoms with E-state index in [2.05, 4.69) is 34.4 Å². The summed E-state index contributed by atoms with van der Waals surface area (Å²) in [7, 11) is 1.79. The molecular formula is C15H20N4OS. The number of anilines is 2. The molecule has 0 atom stereocenters. The van der Waals surface area contributed by atoms with Gasteiger partial charge in [0.05, 0.1) is 5.69 Å². The first-order chi connectivity index (χ1) is 10.0. The molecule has 0 unspecified atom stereocenters. The fourth-order valence-corrected chi connectivity index (χ4v) is 2.67. The lowest BCUT2D eigenvalue weighted by Gasteiger charge is -2.07. The fourth-order valence-electron chi connectivity index (χ4n) is 1.81. The summed E-state index contributed by atoms with van der Waals surface area (Å²) in [5, 5.41) is 8.43. The maximum Gasteiger partial charge on any atom is 0.257 e. The summed E-state index contributed by atoms with van der Waals surface area (Å²) in [6.07, 6.45) is 0.782. The number of pyridine rings is 1. The van der Waals surface area contributed by atoms with E-state index in [0.29, 0.717) is 22.4 Å². The van der Waals surface area contributed by atoms with Crippen molar-refractivity contribution in [2.45, 2.75) is 33.1 Å². The molecule has 2 aromatic rings. The number of rotatable bonds is 5. The molecule has 0 radical (unpaired) electrons. The van der Waals surface area contributed by atoms with Crippen LogP contribution in [0.5, 0.6) is 0 Å². The zero-order valence-corrected chi connectivity index (χ0v) is 13.5. The van der Waals surface area contributed by atoms with Crippen LogP contribution in [0.3, 0.4) is 0 Å². The maximum absolute atomic E-state index is 12.3. The third-order valence-corrected chi connectivity index (χ3v) is 3.87. The van der Waals surface area contributed by atoms with E-state index in [1.54, 1.807) is 13.1 Å². The SMILES string of the molecule is CCc1cc(C(=O)Nc2nc(C(C)C)cs2)cc(NC)n1. The van der Waals surface area contributed by atoms with Gasteiger partial charge in [-0.1, -0.05) is 20.8 Å². The van der Waals surface area contributed by atoms with E-state index in [1.165, 1.54) is 11.3 Å². The van der Waals surface area contributed by atoms with Crippen LogP contribution in [0, 0.1) is 0 Å². The zero-order chi connectivity index (χ0) is 15.4. The zero-order valence-electron chi connectivity index (χ0n) is 12.7. The van der Waals surface area contributed by atoms with Crippen LogP contribution in [-0.2, 0) is 6.42 Å². The topological polar surface area (TPSA) is 66.9 Å². The Labute approximate surface area is 128 Å². The number of amides is 1. The number of carbonyl (C=O) groups excluding carboxylic acids is 1. The highest BCUT2D eigenvalue weighted by Crippen LogP contribution is 2.22. The Hall–Kier alpha value is -1.95. The summed E-state index contributed by atoms with van der Waals surface area (Å²) < 4.78 is 0. The Bertz CT molecular complexity index is 614. The van der Waals surface area contributed by atoms with Gasteiger partial charge in [0.1, 0.15) is 5.82 Å². The van der Waals surface area contributed by atoms with Crippen LogP contribution in [0.2, 0.25) is 0 Å². The summed E-state index contributed by atoms with van der Waals surface area (Å²) in [5.41, 5.74) is 2.47. The lowest BCUT2D eigenvalue weighted by Crippen LogP contribution is -2.13. The van der Waals surface area contributed by atoms with E-state index in [1.807, 2.05) is 18.4 Å². The van der Waals surface area contributed by atoms with Crippen molar-refractivity contribution in [2.75, 3.05) is 17.7 Å². The summed E-state index contributed by atoms with van der Waals surface area (Å²) in [5.74, 6) is 0.894. The Morgan fingerprint density at radius 3 is 2.67 bits per heavy atom. The van der Waals surface area contributed by atoms with Gasteiger partial charge in [0.25, 0.3) is 5.91 Å². The predicted molar refractivity (Wildman–Crippen MR) is 87.3 cm³/mol. The lowest BCUT2D eigenvalue weighted by atomic mass is 10.2. The molecule has 112 valence electrons. The van der Waals surface area contributed by atoms with E-state index in [4.69, 9.17) is 0 Å². The van der Waals surface area contributed by atoms with Crippen molar-refractivity contribution in [3.05, 3.63) is 34.5 Å². The molecule has 2 aromatic heterocycles. The van der Waals surface area contributed by atoms with Gasteiger partial charge in [-0.15, -0.1) is 11.3 Å². The van der Waals surface area contributed by atoms with Crippen LogP contribution in [0.4, 0.5) is 10.9 Å². The van der Waals surface area contributed by atoms with Gasteiger partial charge < -0.3 is 5.32 Å². The molecular weight excluding hydrogens is 284 g/mol. The second kappa shape index (κ2) is 6.67. The number of aryl methyl sites for hydroxylation is 1. The molecule has 0 aliphatic rings. The summed E-state index contributed by atoms with van der Waals surface area (Å²) in [6.45, 7) is 6.17. The average molecular weight is 304 g/mol. The molecule has 1 amide bonds. The number of hydrogen-bond donors (Lipinski definition) is 2. The molecule has 2 N–H and O–H groups in total. The highest BCUT2D eigenvalue weighted by molar-refractivity contribution is 7.14. The second-order valence-electron chi connectivity index (χ2n) is 5.02. The Morgan fingerprint density at radius 1 is 1.33 bits per heavy atom. The van der Waals surface area contributed by atoms with Gasteiger partial charge in [-0.05, 0) is 24.5 Å². The van der Waals surface area contributed by atoms with Crippen molar-refractivity contribution in [1.82, 2.24) is 9.97 Å². The molecule has 0 saturated heterocycles. The molecule has 0 aliphatic heterocycles. The molecule has 0 bridgehead atoms. The monoisotopic (exact) mass is 304 g/mol. The predicted octanol–water partition coefficient (Wildman–Crippen LogP) is 3.52. The summed E-state index contributed by atoms with van der Waals surface area (Å²) in [6, 6.07) is 3.55. The first-order valence-corrected chi connectivity index (χ1v) is 7.87. The van der Waals surface area contributed by atoms with Crippen LogP contribution in [0.15, 0.2) is 17.5 Å². The van der Waals surface area contributed by atoms with Gasteiger partial charge in [0, 0.05) is 23.7 Å². The molecule has 0 aromatic carbocycles. The van der Waals surface area contributed by atoms with Crippen LogP contribution in [0.25, 0.3) is 0 Å². The minimum absolute atomic E-state index is 0.159. The van der Waals surface area contributed by atoms with Gasteiger partial charge in [-0.2, -0.15) is 0 Å². The van der Waals surface area contributed by atoms with Crippen molar-refractivity contribution in [3.63, 3.8) is 0 Å². The minimum Gasteiger partial charge on any atom is -0.373 e. The summed E-state index contributed by atoms with van der Waals surface area (Å²) in [4.78, 5) is 21.1. The first kappa shape index (κ1) is 15.4. The van der Waals surface area contributed by atoms with Crippen LogP contribution >= 0.6 is 11.3 Å². The molecule has 2 heterocycles. The second-order valence-corrected chi connectivity index (χ2v) is 5.88. The highest BCUT2D eigenvalue weighted by Gasteiger charge is 2.12. The third kappa shape index (κ3) is 3.78. The first-order valence-electron chi connectivity index (χ1n) is 6.99. The van der Waals surface area contributed by atoms with Gasteiger partial charge >= 0.3 is 0 Å². The number of hydrogen-bond acceptors (Lipinski definition) is 5. The van der Waals surface area contributed by atoms with E-state index >= 15 is 0 Å². The van der Waals surface area contributed by atoms with E-state index < -0.39 is 0 Å². The number of nitrogens with zero attached hydrogens (tertiary/aromatic N) is 2. The van der Waals surface area contributed by atoms with Gasteiger partial charge in [-0.25, -0.2) is 9.97 Å². The number of nitrogens with one attached hydrogen (secondary N) is 2. The third-order valence-electron chi connectivity index (χ3n) is 3.09. The number of carbonyl (C=O) groups is 1. The molecule has 0 saturated carbocycles. The van der Waals surface area contributed by atoms with Crippen molar-refractivity contribution < 1.29 is 4.79 Å². The maximum atomic E-state index is 12.3. The molecule has 6 heteroatoms. The largest absolute Gasteiger partial charge is 0.373 e. The normalized spacial score (nSPS) is 10.7. The molecule has 0 aliphatic carbocycles. The number of aromatic nitrogens is 2. The average Bonchev–Trinajstić information content (AvgIpc) is 2.95. The smallest absolute Gasteiger partial charge is 0.257 e. The van der Waals surface area contributed by atoms with Crippen molar-refractivity contribution in [2.24, 2.45) is 0 Å². The van der Waals surface area contributed by atoms with E-state index in [0.717, 1.165) is 17.8 Å². The Balaban J connectivity index is 2.19. The standard InChI is InChI=1S/C15H20N4OS/c1-5-11-6-10(7-13(16-4)17-11)14(20)19-15-18-12(8-21-15)9(2)3/h6-9H,5H2,1-4H3,(H,16,17)(H,18,19,20). The van der Waals surface area contributed by atoms with Gasteiger partial charge in [-0.3, -0.25) is 10.1 Å².